The molecule has 3 aromatic rings. The summed E-state index contributed by atoms with van der Waals surface area (Å²) in [6, 6.07) is 5.79. The van der Waals surface area contributed by atoms with Crippen molar-refractivity contribution < 1.29 is 14.1 Å². The molecule has 3 aromatic heterocycles. The monoisotopic (exact) mass is 379 g/mol. The van der Waals surface area contributed by atoms with Crippen molar-refractivity contribution in [1.82, 2.24) is 25.2 Å². The molecule has 0 radical (unpaired) electrons. The van der Waals surface area contributed by atoms with Crippen molar-refractivity contribution in [2.24, 2.45) is 0 Å². The van der Waals surface area contributed by atoms with Gasteiger partial charge in [0.15, 0.2) is 0 Å². The average Bonchev–Trinajstić information content (AvgIpc) is 3.06. The quantitative estimate of drug-likeness (QED) is 0.688. The van der Waals surface area contributed by atoms with E-state index in [0.29, 0.717) is 30.4 Å². The number of hydrogen-bond acceptors (Lipinski definition) is 7. The van der Waals surface area contributed by atoms with Crippen molar-refractivity contribution in [2.75, 3.05) is 6.54 Å². The van der Waals surface area contributed by atoms with Crippen LogP contribution in [0.4, 0.5) is 0 Å². The highest BCUT2D eigenvalue weighted by Gasteiger charge is 2.21. The third-order valence-electron chi connectivity index (χ3n) is 4.91. The zero-order chi connectivity index (χ0) is 19.7. The second-order valence-electron chi connectivity index (χ2n) is 6.89. The fourth-order valence-electron chi connectivity index (χ4n) is 3.18. The van der Waals surface area contributed by atoms with Crippen LogP contribution >= 0.6 is 0 Å². The number of amides is 1. The van der Waals surface area contributed by atoms with Gasteiger partial charge in [-0.1, -0.05) is 5.16 Å². The summed E-state index contributed by atoms with van der Waals surface area (Å²) in [7, 11) is 0. The van der Waals surface area contributed by atoms with E-state index in [0.717, 1.165) is 34.5 Å². The van der Waals surface area contributed by atoms with E-state index in [9.17, 15) is 4.79 Å². The van der Waals surface area contributed by atoms with E-state index in [2.05, 4.69) is 20.3 Å². The molecule has 144 valence electrons. The molecule has 4 rings (SSSR count). The first-order valence-corrected chi connectivity index (χ1v) is 9.13. The molecule has 0 spiro atoms. The zero-order valence-corrected chi connectivity index (χ0v) is 16.1. The molecule has 1 aliphatic heterocycles. The lowest BCUT2D eigenvalue weighted by molar-refractivity contribution is -0.129. The summed E-state index contributed by atoms with van der Waals surface area (Å²) in [6.45, 7) is 6.80. The molecule has 4 heterocycles. The van der Waals surface area contributed by atoms with E-state index in [1.807, 2.05) is 32.0 Å². The Hall–Kier alpha value is -3.29. The molecule has 0 fully saturated rings. The minimum Gasteiger partial charge on any atom is -0.471 e. The predicted molar refractivity (Wildman–Crippen MR) is 100 cm³/mol. The van der Waals surface area contributed by atoms with Gasteiger partial charge in [0.1, 0.15) is 18.1 Å². The minimum atomic E-state index is 0.0498. The van der Waals surface area contributed by atoms with Crippen molar-refractivity contribution >= 4 is 5.91 Å². The molecule has 0 unspecified atom stereocenters. The lowest BCUT2D eigenvalue weighted by atomic mass is 10.1. The molecule has 8 nitrogen and oxygen atoms in total. The lowest BCUT2D eigenvalue weighted by Crippen LogP contribution is -2.35. The van der Waals surface area contributed by atoms with Crippen LogP contribution in [-0.4, -0.2) is 37.7 Å². The summed E-state index contributed by atoms with van der Waals surface area (Å²) in [5.74, 6) is 1.19. The van der Waals surface area contributed by atoms with E-state index in [4.69, 9.17) is 9.26 Å². The van der Waals surface area contributed by atoms with Crippen LogP contribution < -0.4 is 4.74 Å². The van der Waals surface area contributed by atoms with Crippen LogP contribution in [-0.2, 0) is 24.4 Å². The molecule has 0 atom stereocenters. The maximum absolute atomic E-state index is 11.5. The maximum atomic E-state index is 11.5. The minimum absolute atomic E-state index is 0.0498. The summed E-state index contributed by atoms with van der Waals surface area (Å²) in [6.07, 6.45) is 2.52. The van der Waals surface area contributed by atoms with Gasteiger partial charge in [-0.3, -0.25) is 9.78 Å². The van der Waals surface area contributed by atoms with Gasteiger partial charge >= 0.3 is 0 Å². The van der Waals surface area contributed by atoms with E-state index in [1.54, 1.807) is 18.0 Å². The van der Waals surface area contributed by atoms with E-state index in [-0.39, 0.29) is 12.5 Å². The van der Waals surface area contributed by atoms with Crippen LogP contribution in [0.3, 0.4) is 0 Å². The van der Waals surface area contributed by atoms with Gasteiger partial charge in [-0.05, 0) is 38.0 Å². The van der Waals surface area contributed by atoms with Gasteiger partial charge in [0.25, 0.3) is 0 Å². The maximum Gasteiger partial charge on any atom is 0.234 e. The highest BCUT2D eigenvalue weighted by molar-refractivity contribution is 5.73. The third-order valence-corrected chi connectivity index (χ3v) is 4.91. The molecule has 1 aliphatic rings. The molecule has 0 bridgehead atoms. The number of nitrogens with zero attached hydrogens (tertiary/aromatic N) is 5. The van der Waals surface area contributed by atoms with Crippen molar-refractivity contribution in [3.8, 4) is 17.1 Å². The molecular formula is C20H21N5O3. The number of carbonyl (C=O) groups excluding carboxylic acids is 1. The van der Waals surface area contributed by atoms with Crippen LogP contribution in [0.5, 0.6) is 5.88 Å². The van der Waals surface area contributed by atoms with Gasteiger partial charge in [-0.25, -0.2) is 0 Å². The van der Waals surface area contributed by atoms with Gasteiger partial charge in [0.2, 0.25) is 11.8 Å². The molecule has 0 N–H and O–H groups in total. The highest BCUT2D eigenvalue weighted by atomic mass is 16.5. The molecule has 1 amide bonds. The summed E-state index contributed by atoms with van der Waals surface area (Å²) >= 11 is 0. The molecule has 0 aliphatic carbocycles. The Morgan fingerprint density at radius 2 is 2.14 bits per heavy atom. The second kappa shape index (κ2) is 7.38. The third kappa shape index (κ3) is 3.58. The molecule has 28 heavy (non-hydrogen) atoms. The Kier molecular flexibility index (Phi) is 4.77. The van der Waals surface area contributed by atoms with E-state index in [1.165, 1.54) is 0 Å². The van der Waals surface area contributed by atoms with Gasteiger partial charge in [-0.15, -0.1) is 10.2 Å². The van der Waals surface area contributed by atoms with Gasteiger partial charge in [-0.2, -0.15) is 0 Å². The SMILES string of the molecule is CC(=O)N1CCc2cc(OCc3c(-c4ccc(C)nc4)noc3C)nnc2C1. The Morgan fingerprint density at radius 1 is 1.29 bits per heavy atom. The summed E-state index contributed by atoms with van der Waals surface area (Å²) < 4.78 is 11.2. The Bertz CT molecular complexity index is 1010. The largest absolute Gasteiger partial charge is 0.471 e. The molecule has 0 saturated carbocycles. The van der Waals surface area contributed by atoms with E-state index < -0.39 is 0 Å². The van der Waals surface area contributed by atoms with Gasteiger partial charge < -0.3 is 14.2 Å². The number of fused-ring (bicyclic) bond motifs is 1. The standard InChI is InChI=1S/C20H21N5O3/c1-12-4-5-16(9-21-12)20-17(13(2)28-24-20)11-27-19-8-15-6-7-25(14(3)26)10-18(15)22-23-19/h4-5,8-9H,6-7,10-11H2,1-3H3. The second-order valence-corrected chi connectivity index (χ2v) is 6.89. The number of rotatable bonds is 4. The van der Waals surface area contributed by atoms with Crippen LogP contribution in [0.2, 0.25) is 0 Å². The van der Waals surface area contributed by atoms with Crippen molar-refractivity contribution in [3.63, 3.8) is 0 Å². The summed E-state index contributed by atoms with van der Waals surface area (Å²) in [5, 5.41) is 12.6. The van der Waals surface area contributed by atoms with Crippen molar-refractivity contribution in [1.29, 1.82) is 0 Å². The number of ether oxygens (including phenoxy) is 1. The normalized spacial score (nSPS) is 13.3. The van der Waals surface area contributed by atoms with Gasteiger partial charge in [0, 0.05) is 37.0 Å². The first-order valence-electron chi connectivity index (χ1n) is 9.13. The average molecular weight is 379 g/mol. The zero-order valence-electron chi connectivity index (χ0n) is 16.1. The molecule has 0 aromatic carbocycles. The van der Waals surface area contributed by atoms with Crippen LogP contribution in [0, 0.1) is 13.8 Å². The number of pyridine rings is 1. The topological polar surface area (TPSA) is 94.2 Å². The van der Waals surface area contributed by atoms with Gasteiger partial charge in [0.05, 0.1) is 17.8 Å². The number of aromatic nitrogens is 4. The lowest BCUT2D eigenvalue weighted by Gasteiger charge is -2.26. The number of hydrogen-bond donors (Lipinski definition) is 0. The van der Waals surface area contributed by atoms with Crippen molar-refractivity contribution in [2.45, 2.75) is 40.3 Å². The van der Waals surface area contributed by atoms with Crippen LogP contribution in [0.1, 0.15) is 35.2 Å². The highest BCUT2D eigenvalue weighted by Crippen LogP contribution is 2.26. The summed E-state index contributed by atoms with van der Waals surface area (Å²) in [5.41, 5.74) is 5.27. The molecule has 0 saturated heterocycles. The summed E-state index contributed by atoms with van der Waals surface area (Å²) in [4.78, 5) is 17.6. The fourth-order valence-corrected chi connectivity index (χ4v) is 3.18. The number of aryl methyl sites for hydroxylation is 2. The Balaban J connectivity index is 1.51. The Morgan fingerprint density at radius 3 is 2.89 bits per heavy atom. The van der Waals surface area contributed by atoms with Crippen molar-refractivity contribution in [3.05, 3.63) is 52.7 Å². The first kappa shape index (κ1) is 18.1. The van der Waals surface area contributed by atoms with Crippen LogP contribution in [0.15, 0.2) is 28.9 Å². The Labute approximate surface area is 162 Å². The number of carbonyl (C=O) groups is 1. The smallest absolute Gasteiger partial charge is 0.234 e. The van der Waals surface area contributed by atoms with Crippen LogP contribution in [0.25, 0.3) is 11.3 Å². The predicted octanol–water partition coefficient (Wildman–Crippen LogP) is 2.63. The first-order chi connectivity index (χ1) is 13.5. The molecular weight excluding hydrogens is 358 g/mol. The fraction of sp³-hybridized carbons (Fsp3) is 0.350. The molecule has 8 heteroatoms. The van der Waals surface area contributed by atoms with E-state index >= 15 is 0 Å².